The molecule has 1 amide bonds. The molecule has 6 nitrogen and oxygen atoms in total. The lowest BCUT2D eigenvalue weighted by molar-refractivity contribution is 0.0942. The SMILES string of the molecule is Cc1nc(C(C)C)[nH]c(=O)c1C(=O)NCC1CCC(O)C1. The van der Waals surface area contributed by atoms with E-state index in [9.17, 15) is 14.7 Å². The first-order chi connectivity index (χ1) is 9.88. The average molecular weight is 293 g/mol. The number of nitrogens with zero attached hydrogens (tertiary/aromatic N) is 1. The molecule has 1 aliphatic rings. The highest BCUT2D eigenvalue weighted by atomic mass is 16.3. The number of H-pyrrole nitrogens is 1. The van der Waals surface area contributed by atoms with Crippen LogP contribution in [0.25, 0.3) is 0 Å². The van der Waals surface area contributed by atoms with Gasteiger partial charge in [-0.25, -0.2) is 4.98 Å². The molecule has 2 rings (SSSR count). The monoisotopic (exact) mass is 293 g/mol. The van der Waals surface area contributed by atoms with Gasteiger partial charge in [-0.05, 0) is 32.1 Å². The zero-order chi connectivity index (χ0) is 15.6. The summed E-state index contributed by atoms with van der Waals surface area (Å²) < 4.78 is 0. The van der Waals surface area contributed by atoms with Crippen molar-refractivity contribution < 1.29 is 9.90 Å². The molecular weight excluding hydrogens is 270 g/mol. The van der Waals surface area contributed by atoms with Crippen molar-refractivity contribution in [2.45, 2.75) is 52.1 Å². The van der Waals surface area contributed by atoms with E-state index in [0.717, 1.165) is 12.8 Å². The van der Waals surface area contributed by atoms with E-state index in [4.69, 9.17) is 0 Å². The number of aliphatic hydroxyl groups excluding tert-OH is 1. The van der Waals surface area contributed by atoms with Gasteiger partial charge in [-0.2, -0.15) is 0 Å². The van der Waals surface area contributed by atoms with Crippen LogP contribution < -0.4 is 10.9 Å². The summed E-state index contributed by atoms with van der Waals surface area (Å²) in [6.45, 7) is 6.03. The molecule has 0 saturated heterocycles. The Labute approximate surface area is 124 Å². The fourth-order valence-corrected chi connectivity index (χ4v) is 2.71. The van der Waals surface area contributed by atoms with Crippen molar-refractivity contribution >= 4 is 5.91 Å². The van der Waals surface area contributed by atoms with Crippen molar-refractivity contribution in [1.82, 2.24) is 15.3 Å². The standard InChI is InChI=1S/C15H23N3O3/c1-8(2)13-17-9(3)12(15(21)18-13)14(20)16-7-10-4-5-11(19)6-10/h8,10-11,19H,4-7H2,1-3H3,(H,16,20)(H,17,18,21). The Bertz CT molecular complexity index is 580. The smallest absolute Gasteiger partial charge is 0.264 e. The number of carbonyl (C=O) groups is 1. The van der Waals surface area contributed by atoms with Gasteiger partial charge in [0.05, 0.1) is 11.8 Å². The zero-order valence-corrected chi connectivity index (χ0v) is 12.8. The van der Waals surface area contributed by atoms with Crippen molar-refractivity contribution in [2.24, 2.45) is 5.92 Å². The topological polar surface area (TPSA) is 95.1 Å². The van der Waals surface area contributed by atoms with Crippen LogP contribution in [0.2, 0.25) is 0 Å². The maximum atomic E-state index is 12.2. The van der Waals surface area contributed by atoms with Crippen molar-refractivity contribution in [3.05, 3.63) is 27.4 Å². The first-order valence-corrected chi connectivity index (χ1v) is 7.45. The fourth-order valence-electron chi connectivity index (χ4n) is 2.71. The van der Waals surface area contributed by atoms with Gasteiger partial charge in [-0.15, -0.1) is 0 Å². The lowest BCUT2D eigenvalue weighted by Crippen LogP contribution is -2.34. The Morgan fingerprint density at radius 1 is 1.48 bits per heavy atom. The van der Waals surface area contributed by atoms with E-state index in [1.165, 1.54) is 0 Å². The second kappa shape index (κ2) is 6.39. The van der Waals surface area contributed by atoms with E-state index >= 15 is 0 Å². The molecule has 116 valence electrons. The number of nitrogens with one attached hydrogen (secondary N) is 2. The lowest BCUT2D eigenvalue weighted by atomic mass is 10.1. The Morgan fingerprint density at radius 3 is 2.71 bits per heavy atom. The highest BCUT2D eigenvalue weighted by molar-refractivity contribution is 5.94. The van der Waals surface area contributed by atoms with Gasteiger partial charge >= 0.3 is 0 Å². The first kappa shape index (κ1) is 15.7. The Hall–Kier alpha value is -1.69. The molecule has 21 heavy (non-hydrogen) atoms. The maximum absolute atomic E-state index is 12.2. The zero-order valence-electron chi connectivity index (χ0n) is 12.8. The number of aromatic amines is 1. The number of hydrogen-bond donors (Lipinski definition) is 3. The quantitative estimate of drug-likeness (QED) is 0.774. The highest BCUT2D eigenvalue weighted by Gasteiger charge is 2.24. The van der Waals surface area contributed by atoms with E-state index in [1.54, 1.807) is 6.92 Å². The molecule has 0 bridgehead atoms. The molecule has 0 aliphatic heterocycles. The molecule has 6 heteroatoms. The minimum absolute atomic E-state index is 0.0814. The van der Waals surface area contributed by atoms with Crippen molar-refractivity contribution in [1.29, 1.82) is 0 Å². The van der Waals surface area contributed by atoms with Gasteiger partial charge in [-0.1, -0.05) is 13.8 Å². The third-order valence-corrected chi connectivity index (χ3v) is 3.96. The van der Waals surface area contributed by atoms with Crippen LogP contribution in [0.15, 0.2) is 4.79 Å². The van der Waals surface area contributed by atoms with Crippen molar-refractivity contribution in [3.8, 4) is 0 Å². The number of carbonyl (C=O) groups excluding carboxylic acids is 1. The van der Waals surface area contributed by atoms with Crippen molar-refractivity contribution in [3.63, 3.8) is 0 Å². The van der Waals surface area contributed by atoms with E-state index in [2.05, 4.69) is 15.3 Å². The predicted molar refractivity (Wildman–Crippen MR) is 79.4 cm³/mol. The molecule has 1 fully saturated rings. The largest absolute Gasteiger partial charge is 0.393 e. The molecule has 0 aromatic carbocycles. The van der Waals surface area contributed by atoms with Gasteiger partial charge in [0.2, 0.25) is 0 Å². The summed E-state index contributed by atoms with van der Waals surface area (Å²) in [5, 5.41) is 12.3. The number of aliphatic hydroxyl groups is 1. The van der Waals surface area contributed by atoms with Gasteiger partial charge in [0.15, 0.2) is 0 Å². The van der Waals surface area contributed by atoms with Crippen LogP contribution in [0.4, 0.5) is 0 Å². The number of aryl methyl sites for hydroxylation is 1. The molecule has 0 radical (unpaired) electrons. The second-order valence-corrected chi connectivity index (χ2v) is 6.11. The van der Waals surface area contributed by atoms with Gasteiger partial charge in [0.25, 0.3) is 11.5 Å². The van der Waals surface area contributed by atoms with E-state index in [-0.39, 0.29) is 23.5 Å². The minimum Gasteiger partial charge on any atom is -0.393 e. The molecule has 0 spiro atoms. The van der Waals surface area contributed by atoms with Crippen LogP contribution in [-0.2, 0) is 0 Å². The Balaban J connectivity index is 2.07. The number of rotatable bonds is 4. The van der Waals surface area contributed by atoms with Gasteiger partial charge in [0.1, 0.15) is 11.4 Å². The molecule has 2 atom stereocenters. The Kier molecular flexibility index (Phi) is 4.77. The molecule has 1 aliphatic carbocycles. The van der Waals surface area contributed by atoms with Crippen LogP contribution >= 0.6 is 0 Å². The van der Waals surface area contributed by atoms with Crippen molar-refractivity contribution in [2.75, 3.05) is 6.54 Å². The Morgan fingerprint density at radius 2 is 2.19 bits per heavy atom. The predicted octanol–water partition coefficient (Wildman–Crippen LogP) is 1.09. The number of amides is 1. The summed E-state index contributed by atoms with van der Waals surface area (Å²) in [7, 11) is 0. The number of hydrogen-bond acceptors (Lipinski definition) is 4. The summed E-state index contributed by atoms with van der Waals surface area (Å²) in [6.07, 6.45) is 2.13. The van der Waals surface area contributed by atoms with E-state index in [0.29, 0.717) is 24.5 Å². The summed E-state index contributed by atoms with van der Waals surface area (Å²) in [4.78, 5) is 31.2. The molecule has 1 heterocycles. The van der Waals surface area contributed by atoms with Gasteiger partial charge < -0.3 is 15.4 Å². The number of aromatic nitrogens is 2. The molecular formula is C15H23N3O3. The third kappa shape index (κ3) is 3.69. The normalized spacial score (nSPS) is 21.8. The second-order valence-electron chi connectivity index (χ2n) is 6.11. The summed E-state index contributed by atoms with van der Waals surface area (Å²) in [5.41, 5.74) is 0.138. The maximum Gasteiger partial charge on any atom is 0.264 e. The van der Waals surface area contributed by atoms with E-state index in [1.807, 2.05) is 13.8 Å². The molecule has 2 unspecified atom stereocenters. The van der Waals surface area contributed by atoms with Crippen LogP contribution in [0.3, 0.4) is 0 Å². The van der Waals surface area contributed by atoms with Crippen LogP contribution in [0.5, 0.6) is 0 Å². The lowest BCUT2D eigenvalue weighted by Gasteiger charge is -2.12. The fraction of sp³-hybridized carbons (Fsp3) is 0.667. The molecule has 3 N–H and O–H groups in total. The summed E-state index contributed by atoms with van der Waals surface area (Å²) in [5.74, 6) is 0.589. The average Bonchev–Trinajstić information content (AvgIpc) is 2.81. The molecule has 1 saturated carbocycles. The van der Waals surface area contributed by atoms with Crippen LogP contribution in [0.1, 0.15) is 60.9 Å². The van der Waals surface area contributed by atoms with Gasteiger partial charge in [-0.3, -0.25) is 9.59 Å². The summed E-state index contributed by atoms with van der Waals surface area (Å²) >= 11 is 0. The van der Waals surface area contributed by atoms with Gasteiger partial charge in [0, 0.05) is 12.5 Å². The first-order valence-electron chi connectivity index (χ1n) is 7.45. The third-order valence-electron chi connectivity index (χ3n) is 3.96. The highest BCUT2D eigenvalue weighted by Crippen LogP contribution is 2.24. The molecule has 1 aromatic rings. The summed E-state index contributed by atoms with van der Waals surface area (Å²) in [6, 6.07) is 0. The van der Waals surface area contributed by atoms with Crippen LogP contribution in [0, 0.1) is 12.8 Å². The molecule has 1 aromatic heterocycles. The minimum atomic E-state index is -0.393. The van der Waals surface area contributed by atoms with Crippen LogP contribution in [-0.4, -0.2) is 33.6 Å². The van der Waals surface area contributed by atoms with E-state index < -0.39 is 11.5 Å².